The zero-order valence-electron chi connectivity index (χ0n) is 13.0. The zero-order chi connectivity index (χ0) is 16.8. The molecule has 122 valence electrons. The third-order valence-corrected chi connectivity index (χ3v) is 3.50. The van der Waals surface area contributed by atoms with E-state index >= 15 is 0 Å². The molecule has 6 nitrogen and oxygen atoms in total. The fourth-order valence-electron chi connectivity index (χ4n) is 2.34. The first-order valence-electron chi connectivity index (χ1n) is 7.68. The molecule has 0 aliphatic rings. The van der Waals surface area contributed by atoms with E-state index in [9.17, 15) is 9.59 Å². The predicted molar refractivity (Wildman–Crippen MR) is 94.1 cm³/mol. The monoisotopic (exact) mass is 322 g/mol. The Morgan fingerprint density at radius 3 is 2.38 bits per heavy atom. The smallest absolute Gasteiger partial charge is 0.319 e. The molecule has 0 aliphatic heterocycles. The number of carbonyl (C=O) groups excluding carboxylic acids is 2. The van der Waals surface area contributed by atoms with Crippen LogP contribution in [0.5, 0.6) is 0 Å². The van der Waals surface area contributed by atoms with E-state index in [0.29, 0.717) is 18.8 Å². The number of nitrogens with one attached hydrogen (secondary N) is 4. The van der Waals surface area contributed by atoms with E-state index in [1.165, 1.54) is 0 Å². The number of fused-ring (bicyclic) bond motifs is 1. The molecule has 6 heteroatoms. The van der Waals surface area contributed by atoms with Crippen LogP contribution in [0.2, 0.25) is 0 Å². The fourth-order valence-corrected chi connectivity index (χ4v) is 2.34. The Morgan fingerprint density at radius 2 is 1.58 bits per heavy atom. The lowest BCUT2D eigenvalue weighted by Gasteiger charge is -2.08. The first kappa shape index (κ1) is 15.6. The number of aromatic nitrogens is 1. The number of aromatic amines is 1. The molecular formula is C18H18N4O2. The van der Waals surface area contributed by atoms with Crippen LogP contribution in [0.15, 0.2) is 60.7 Å². The highest BCUT2D eigenvalue weighted by molar-refractivity contribution is 5.98. The molecule has 0 bridgehead atoms. The van der Waals surface area contributed by atoms with Gasteiger partial charge in [-0.05, 0) is 24.3 Å². The molecule has 0 atom stereocenters. The minimum absolute atomic E-state index is 0.198. The number of hydrogen-bond donors (Lipinski definition) is 4. The van der Waals surface area contributed by atoms with Gasteiger partial charge in [0, 0.05) is 29.7 Å². The van der Waals surface area contributed by atoms with Crippen molar-refractivity contribution in [2.45, 2.75) is 0 Å². The maximum absolute atomic E-state index is 12.1. The second kappa shape index (κ2) is 7.32. The Kier molecular flexibility index (Phi) is 4.76. The van der Waals surface area contributed by atoms with Gasteiger partial charge in [-0.3, -0.25) is 4.79 Å². The maximum Gasteiger partial charge on any atom is 0.319 e. The van der Waals surface area contributed by atoms with Crippen LogP contribution < -0.4 is 16.0 Å². The van der Waals surface area contributed by atoms with Crippen molar-refractivity contribution < 1.29 is 9.59 Å². The highest BCUT2D eigenvalue weighted by Crippen LogP contribution is 2.14. The molecule has 0 saturated carbocycles. The standard InChI is InChI=1S/C18H18N4O2/c23-17(16-12-13-6-4-5-9-15(13)22-16)19-10-11-20-18(24)21-14-7-2-1-3-8-14/h1-9,12,22H,10-11H2,(H,19,23)(H2,20,21,24). The molecule has 3 amide bonds. The average molecular weight is 322 g/mol. The molecule has 2 aromatic carbocycles. The number of benzene rings is 2. The molecule has 1 heterocycles. The Bertz CT molecular complexity index is 809. The van der Waals surface area contributed by atoms with Crippen molar-refractivity contribution in [3.63, 3.8) is 0 Å². The summed E-state index contributed by atoms with van der Waals surface area (Å²) < 4.78 is 0. The number of rotatable bonds is 5. The Morgan fingerprint density at radius 1 is 0.875 bits per heavy atom. The van der Waals surface area contributed by atoms with Crippen LogP contribution in [-0.2, 0) is 0 Å². The van der Waals surface area contributed by atoms with E-state index in [1.54, 1.807) is 18.2 Å². The summed E-state index contributed by atoms with van der Waals surface area (Å²) in [6, 6.07) is 18.4. The van der Waals surface area contributed by atoms with Gasteiger partial charge in [0.15, 0.2) is 0 Å². The van der Waals surface area contributed by atoms with Gasteiger partial charge in [-0.1, -0.05) is 36.4 Å². The highest BCUT2D eigenvalue weighted by Gasteiger charge is 2.08. The first-order valence-corrected chi connectivity index (χ1v) is 7.68. The molecule has 0 unspecified atom stereocenters. The molecule has 3 rings (SSSR count). The number of anilines is 1. The van der Waals surface area contributed by atoms with Crippen LogP contribution in [0.25, 0.3) is 10.9 Å². The van der Waals surface area contributed by atoms with Crippen molar-refractivity contribution in [1.29, 1.82) is 0 Å². The highest BCUT2D eigenvalue weighted by atomic mass is 16.2. The van der Waals surface area contributed by atoms with E-state index in [0.717, 1.165) is 16.6 Å². The topological polar surface area (TPSA) is 86.0 Å². The number of amides is 3. The van der Waals surface area contributed by atoms with E-state index in [4.69, 9.17) is 0 Å². The molecule has 24 heavy (non-hydrogen) atoms. The second-order valence-electron chi connectivity index (χ2n) is 5.27. The minimum Gasteiger partial charge on any atom is -0.351 e. The molecule has 0 saturated heterocycles. The van der Waals surface area contributed by atoms with Crippen molar-refractivity contribution in [2.75, 3.05) is 18.4 Å². The zero-order valence-corrected chi connectivity index (χ0v) is 13.0. The summed E-state index contributed by atoms with van der Waals surface area (Å²) in [5.74, 6) is -0.198. The van der Waals surface area contributed by atoms with Gasteiger partial charge >= 0.3 is 6.03 Å². The van der Waals surface area contributed by atoms with Crippen LogP contribution >= 0.6 is 0 Å². The molecule has 4 N–H and O–H groups in total. The fraction of sp³-hybridized carbons (Fsp3) is 0.111. The summed E-state index contributed by atoms with van der Waals surface area (Å²) in [5.41, 5.74) is 2.14. The van der Waals surface area contributed by atoms with Crippen molar-refractivity contribution >= 4 is 28.5 Å². The van der Waals surface area contributed by atoms with Crippen LogP contribution in [0, 0.1) is 0 Å². The lowest BCUT2D eigenvalue weighted by Crippen LogP contribution is -2.36. The summed E-state index contributed by atoms with van der Waals surface area (Å²) >= 11 is 0. The molecule has 0 aliphatic carbocycles. The molecule has 0 fully saturated rings. The van der Waals surface area contributed by atoms with Crippen molar-refractivity contribution in [3.8, 4) is 0 Å². The van der Waals surface area contributed by atoms with Crippen molar-refractivity contribution in [3.05, 3.63) is 66.4 Å². The number of carbonyl (C=O) groups is 2. The van der Waals surface area contributed by atoms with Crippen molar-refractivity contribution in [2.24, 2.45) is 0 Å². The summed E-state index contributed by atoms with van der Waals surface area (Å²) in [4.78, 5) is 26.8. The molecule has 1 aromatic heterocycles. The lowest BCUT2D eigenvalue weighted by molar-refractivity contribution is 0.0950. The Hall–Kier alpha value is -3.28. The van der Waals surface area contributed by atoms with Crippen LogP contribution in [0.4, 0.5) is 10.5 Å². The van der Waals surface area contributed by atoms with Gasteiger partial charge in [-0.25, -0.2) is 4.79 Å². The molecular weight excluding hydrogens is 304 g/mol. The van der Waals surface area contributed by atoms with Crippen LogP contribution in [-0.4, -0.2) is 30.0 Å². The third-order valence-electron chi connectivity index (χ3n) is 3.50. The first-order chi connectivity index (χ1) is 11.7. The van der Waals surface area contributed by atoms with E-state index in [2.05, 4.69) is 20.9 Å². The quantitative estimate of drug-likeness (QED) is 0.544. The summed E-state index contributed by atoms with van der Waals surface area (Å²) in [7, 11) is 0. The Balaban J connectivity index is 1.43. The number of para-hydroxylation sites is 2. The SMILES string of the molecule is O=C(NCCNC(=O)c1cc2ccccc2[nH]1)Nc1ccccc1. The molecule has 3 aromatic rings. The Labute approximate surface area is 139 Å². The van der Waals surface area contributed by atoms with Crippen LogP contribution in [0.1, 0.15) is 10.5 Å². The third kappa shape index (κ3) is 3.92. The molecule has 0 spiro atoms. The summed E-state index contributed by atoms with van der Waals surface area (Å²) in [5, 5.41) is 9.16. The number of urea groups is 1. The van der Waals surface area contributed by atoms with Gasteiger partial charge in [0.05, 0.1) is 0 Å². The van der Waals surface area contributed by atoms with Gasteiger partial charge in [-0.2, -0.15) is 0 Å². The van der Waals surface area contributed by atoms with Crippen molar-refractivity contribution in [1.82, 2.24) is 15.6 Å². The van der Waals surface area contributed by atoms with Gasteiger partial charge < -0.3 is 20.9 Å². The minimum atomic E-state index is -0.305. The second-order valence-corrected chi connectivity index (χ2v) is 5.27. The largest absolute Gasteiger partial charge is 0.351 e. The lowest BCUT2D eigenvalue weighted by atomic mass is 10.2. The maximum atomic E-state index is 12.1. The van der Waals surface area contributed by atoms with E-state index < -0.39 is 0 Å². The van der Waals surface area contributed by atoms with Crippen LogP contribution in [0.3, 0.4) is 0 Å². The summed E-state index contributed by atoms with van der Waals surface area (Å²) in [6.45, 7) is 0.682. The molecule has 0 radical (unpaired) electrons. The van der Waals surface area contributed by atoms with E-state index in [1.807, 2.05) is 42.5 Å². The number of H-pyrrole nitrogens is 1. The van der Waals surface area contributed by atoms with Gasteiger partial charge in [0.25, 0.3) is 5.91 Å². The van der Waals surface area contributed by atoms with Gasteiger partial charge in [-0.15, -0.1) is 0 Å². The van der Waals surface area contributed by atoms with Gasteiger partial charge in [0.1, 0.15) is 5.69 Å². The predicted octanol–water partition coefficient (Wildman–Crippen LogP) is 2.72. The summed E-state index contributed by atoms with van der Waals surface area (Å²) in [6.07, 6.45) is 0. The normalized spacial score (nSPS) is 10.3. The van der Waals surface area contributed by atoms with Gasteiger partial charge in [0.2, 0.25) is 0 Å². The number of hydrogen-bond acceptors (Lipinski definition) is 2. The average Bonchev–Trinajstić information content (AvgIpc) is 3.04. The van der Waals surface area contributed by atoms with E-state index in [-0.39, 0.29) is 11.9 Å².